The highest BCUT2D eigenvalue weighted by molar-refractivity contribution is 4.82. The molecule has 0 aliphatic rings. The maximum atomic E-state index is 5.25. The highest BCUT2D eigenvalue weighted by Crippen LogP contribution is 1.96. The van der Waals surface area contributed by atoms with E-state index in [-0.39, 0.29) is 0 Å². The summed E-state index contributed by atoms with van der Waals surface area (Å²) in [6.45, 7) is 5.70. The fourth-order valence-corrected chi connectivity index (χ4v) is 0.860. The van der Waals surface area contributed by atoms with Crippen molar-refractivity contribution >= 4 is 0 Å². The van der Waals surface area contributed by atoms with Crippen molar-refractivity contribution in [3.63, 3.8) is 0 Å². The van der Waals surface area contributed by atoms with Crippen molar-refractivity contribution in [2.75, 3.05) is 26.9 Å². The summed E-state index contributed by atoms with van der Waals surface area (Å²) in [6.07, 6.45) is 9.53. The van der Waals surface area contributed by atoms with Crippen LogP contribution in [-0.2, 0) is 9.47 Å². The molecular formula is C11H20O2. The van der Waals surface area contributed by atoms with Gasteiger partial charge in [0.1, 0.15) is 0 Å². The van der Waals surface area contributed by atoms with Crippen molar-refractivity contribution in [2.45, 2.75) is 19.3 Å². The molecule has 0 fully saturated rings. The fourth-order valence-electron chi connectivity index (χ4n) is 0.860. The van der Waals surface area contributed by atoms with Gasteiger partial charge >= 0.3 is 0 Å². The van der Waals surface area contributed by atoms with E-state index in [1.54, 1.807) is 7.11 Å². The second-order valence-electron chi connectivity index (χ2n) is 2.76. The van der Waals surface area contributed by atoms with Gasteiger partial charge in [0.25, 0.3) is 0 Å². The molecule has 0 N–H and O–H groups in total. The van der Waals surface area contributed by atoms with E-state index in [2.05, 4.69) is 18.7 Å². The van der Waals surface area contributed by atoms with Crippen LogP contribution in [0.1, 0.15) is 19.3 Å². The molecule has 0 radical (unpaired) electrons. The van der Waals surface area contributed by atoms with Crippen molar-refractivity contribution in [3.8, 4) is 0 Å². The van der Waals surface area contributed by atoms with Crippen LogP contribution in [-0.4, -0.2) is 26.9 Å². The van der Waals surface area contributed by atoms with Crippen LogP contribution in [0.5, 0.6) is 0 Å². The third-order valence-electron chi connectivity index (χ3n) is 1.59. The zero-order valence-corrected chi connectivity index (χ0v) is 8.50. The molecule has 0 rings (SSSR count). The average molecular weight is 184 g/mol. The first-order chi connectivity index (χ1) is 6.41. The lowest BCUT2D eigenvalue weighted by molar-refractivity contribution is 0.0852. The van der Waals surface area contributed by atoms with Gasteiger partial charge in [0.15, 0.2) is 0 Å². The Labute approximate surface area is 81.2 Å². The summed E-state index contributed by atoms with van der Waals surface area (Å²) in [7, 11) is 1.68. The van der Waals surface area contributed by atoms with Gasteiger partial charge in [-0.3, -0.25) is 0 Å². The molecule has 2 nitrogen and oxygen atoms in total. The highest BCUT2D eigenvalue weighted by atomic mass is 16.5. The monoisotopic (exact) mass is 184 g/mol. The zero-order valence-electron chi connectivity index (χ0n) is 8.50. The summed E-state index contributed by atoms with van der Waals surface area (Å²) in [6, 6.07) is 0. The Morgan fingerprint density at radius 1 is 1.15 bits per heavy atom. The fraction of sp³-hybridized carbons (Fsp3) is 0.636. The molecule has 13 heavy (non-hydrogen) atoms. The van der Waals surface area contributed by atoms with E-state index < -0.39 is 0 Å². The summed E-state index contributed by atoms with van der Waals surface area (Å²) in [5.41, 5.74) is 0. The van der Waals surface area contributed by atoms with Crippen LogP contribution in [0, 0.1) is 0 Å². The lowest BCUT2D eigenvalue weighted by atomic mass is 10.2. The maximum absolute atomic E-state index is 5.25. The third-order valence-corrected chi connectivity index (χ3v) is 1.59. The number of hydrogen-bond acceptors (Lipinski definition) is 2. The first kappa shape index (κ1) is 12.4. The predicted molar refractivity (Wildman–Crippen MR) is 55.9 cm³/mol. The SMILES string of the molecule is C=CCCC/C=C/COCCOC. The van der Waals surface area contributed by atoms with Crippen LogP contribution in [0.15, 0.2) is 24.8 Å². The molecule has 0 atom stereocenters. The molecule has 0 aromatic heterocycles. The number of allylic oxidation sites excluding steroid dienone is 2. The molecule has 0 unspecified atom stereocenters. The van der Waals surface area contributed by atoms with E-state index in [9.17, 15) is 0 Å². The number of methoxy groups -OCH3 is 1. The van der Waals surface area contributed by atoms with E-state index in [1.807, 2.05) is 6.08 Å². The molecule has 0 saturated carbocycles. The molecule has 0 heterocycles. The van der Waals surface area contributed by atoms with E-state index in [1.165, 1.54) is 6.42 Å². The Balaban J connectivity index is 2.98. The topological polar surface area (TPSA) is 18.5 Å². The van der Waals surface area contributed by atoms with Gasteiger partial charge in [-0.1, -0.05) is 18.2 Å². The van der Waals surface area contributed by atoms with Gasteiger partial charge in [0, 0.05) is 7.11 Å². The molecule has 0 aliphatic heterocycles. The van der Waals surface area contributed by atoms with E-state index in [0.29, 0.717) is 19.8 Å². The number of unbranched alkanes of at least 4 members (excludes halogenated alkanes) is 2. The smallest absolute Gasteiger partial charge is 0.0704 e. The van der Waals surface area contributed by atoms with Gasteiger partial charge in [-0.25, -0.2) is 0 Å². The van der Waals surface area contributed by atoms with E-state index >= 15 is 0 Å². The summed E-state index contributed by atoms with van der Waals surface area (Å²) in [4.78, 5) is 0. The number of hydrogen-bond donors (Lipinski definition) is 0. The van der Waals surface area contributed by atoms with Crippen LogP contribution in [0.2, 0.25) is 0 Å². The standard InChI is InChI=1S/C11H20O2/c1-3-4-5-6-7-8-9-13-11-10-12-2/h3,7-8H,1,4-6,9-11H2,2H3/b8-7+. The minimum atomic E-state index is 0.671. The average Bonchev–Trinajstić information content (AvgIpc) is 2.16. The summed E-state index contributed by atoms with van der Waals surface area (Å²) >= 11 is 0. The molecule has 0 spiro atoms. The molecule has 0 bridgehead atoms. The van der Waals surface area contributed by atoms with E-state index in [4.69, 9.17) is 9.47 Å². The third kappa shape index (κ3) is 11.4. The van der Waals surface area contributed by atoms with Crippen molar-refractivity contribution in [3.05, 3.63) is 24.8 Å². The largest absolute Gasteiger partial charge is 0.382 e. The maximum Gasteiger partial charge on any atom is 0.0704 e. The van der Waals surface area contributed by atoms with Crippen molar-refractivity contribution < 1.29 is 9.47 Å². The Morgan fingerprint density at radius 2 is 2.00 bits per heavy atom. The molecule has 76 valence electrons. The second-order valence-corrected chi connectivity index (χ2v) is 2.76. The van der Waals surface area contributed by atoms with Crippen molar-refractivity contribution in [2.24, 2.45) is 0 Å². The van der Waals surface area contributed by atoms with Gasteiger partial charge in [-0.2, -0.15) is 0 Å². The molecule has 0 aliphatic carbocycles. The minimum Gasteiger partial charge on any atom is -0.382 e. The Hall–Kier alpha value is -0.600. The van der Waals surface area contributed by atoms with Crippen molar-refractivity contribution in [1.82, 2.24) is 0 Å². The zero-order chi connectivity index (χ0) is 9.78. The van der Waals surface area contributed by atoms with Gasteiger partial charge < -0.3 is 9.47 Å². The van der Waals surface area contributed by atoms with Crippen molar-refractivity contribution in [1.29, 1.82) is 0 Å². The Kier molecular flexibility index (Phi) is 10.9. The lowest BCUT2D eigenvalue weighted by Gasteiger charge is -1.98. The highest BCUT2D eigenvalue weighted by Gasteiger charge is 1.83. The summed E-state index contributed by atoms with van der Waals surface area (Å²) < 4.78 is 10.1. The first-order valence-electron chi connectivity index (χ1n) is 4.74. The molecule has 2 heteroatoms. The predicted octanol–water partition coefficient (Wildman–Crippen LogP) is 2.56. The van der Waals surface area contributed by atoms with Crippen LogP contribution in [0.4, 0.5) is 0 Å². The van der Waals surface area contributed by atoms with Gasteiger partial charge in [0.2, 0.25) is 0 Å². The Morgan fingerprint density at radius 3 is 2.69 bits per heavy atom. The van der Waals surface area contributed by atoms with Crippen LogP contribution >= 0.6 is 0 Å². The molecule has 0 aromatic carbocycles. The molecule has 0 amide bonds. The van der Waals surface area contributed by atoms with Gasteiger partial charge in [-0.15, -0.1) is 6.58 Å². The number of rotatable bonds is 9. The summed E-state index contributed by atoms with van der Waals surface area (Å²) in [5.74, 6) is 0. The molecule has 0 aromatic rings. The van der Waals surface area contributed by atoms with Gasteiger partial charge in [-0.05, 0) is 19.3 Å². The van der Waals surface area contributed by atoms with Crippen LogP contribution in [0.3, 0.4) is 0 Å². The quantitative estimate of drug-likeness (QED) is 0.405. The Bertz CT molecular complexity index is 130. The summed E-state index contributed by atoms with van der Waals surface area (Å²) in [5, 5.41) is 0. The van der Waals surface area contributed by atoms with Crippen LogP contribution in [0.25, 0.3) is 0 Å². The van der Waals surface area contributed by atoms with Gasteiger partial charge in [0.05, 0.1) is 19.8 Å². The number of ether oxygens (including phenoxy) is 2. The molecular weight excluding hydrogens is 164 g/mol. The first-order valence-corrected chi connectivity index (χ1v) is 4.74. The normalized spacial score (nSPS) is 10.8. The van der Waals surface area contributed by atoms with Crippen LogP contribution < -0.4 is 0 Å². The lowest BCUT2D eigenvalue weighted by Crippen LogP contribution is -2.01. The van der Waals surface area contributed by atoms with E-state index in [0.717, 1.165) is 12.8 Å². The minimum absolute atomic E-state index is 0.671. The second kappa shape index (κ2) is 11.4. The molecule has 0 saturated heterocycles.